The Hall–Kier alpha value is -2.38. The summed E-state index contributed by atoms with van der Waals surface area (Å²) in [6, 6.07) is 5.60. The predicted octanol–water partition coefficient (Wildman–Crippen LogP) is 5.08. The van der Waals surface area contributed by atoms with Crippen molar-refractivity contribution in [3.05, 3.63) is 40.6 Å². The Bertz CT molecular complexity index is 1000. The topological polar surface area (TPSA) is 67.6 Å². The van der Waals surface area contributed by atoms with Gasteiger partial charge < -0.3 is 9.15 Å². The number of nitrogens with zero attached hydrogens (tertiary/aromatic N) is 2. The number of anilines is 1. The summed E-state index contributed by atoms with van der Waals surface area (Å²) in [5.41, 5.74) is 2.48. The van der Waals surface area contributed by atoms with E-state index >= 15 is 0 Å². The molecule has 1 amide bonds. The zero-order chi connectivity index (χ0) is 20.4. The van der Waals surface area contributed by atoms with Gasteiger partial charge in [0.05, 0.1) is 12.3 Å². The number of amides is 1. The Labute approximate surface area is 174 Å². The fraction of sp³-hybridized carbons (Fsp3) is 0.455. The van der Waals surface area contributed by atoms with Gasteiger partial charge in [-0.3, -0.25) is 15.0 Å². The molecule has 154 valence electrons. The van der Waals surface area contributed by atoms with Crippen LogP contribution in [0.3, 0.4) is 0 Å². The van der Waals surface area contributed by atoms with Gasteiger partial charge in [0.1, 0.15) is 11.3 Å². The Kier molecular flexibility index (Phi) is 5.87. The van der Waals surface area contributed by atoms with Crippen molar-refractivity contribution >= 4 is 33.3 Å². The van der Waals surface area contributed by atoms with Crippen LogP contribution < -0.4 is 10.1 Å². The maximum Gasteiger partial charge on any atom is 0.293 e. The molecule has 2 aromatic heterocycles. The lowest BCUT2D eigenvalue weighted by atomic mass is 9.99. The van der Waals surface area contributed by atoms with Gasteiger partial charge in [0.15, 0.2) is 10.9 Å². The molecule has 0 radical (unpaired) electrons. The van der Waals surface area contributed by atoms with E-state index in [1.165, 1.54) is 24.2 Å². The van der Waals surface area contributed by atoms with E-state index in [2.05, 4.69) is 22.1 Å². The molecule has 7 heteroatoms. The molecule has 3 aromatic rings. The van der Waals surface area contributed by atoms with E-state index in [1.54, 1.807) is 0 Å². The molecule has 1 N–H and O–H groups in total. The number of ether oxygens (including phenoxy) is 1. The number of thiazole rings is 1. The van der Waals surface area contributed by atoms with Crippen molar-refractivity contribution in [3.63, 3.8) is 0 Å². The summed E-state index contributed by atoms with van der Waals surface area (Å²) in [5.74, 6) is 1.63. The standard InChI is InChI=1S/C22H27N3O3S/c1-4-27-17-5-6-19-18(11-17)15(3)20(28-19)21(26)24-22-23-16(13-29-22)12-25-9-7-14(2)8-10-25/h5-6,11,13-14H,4,7-10,12H2,1-3H3,(H,23,24,26). The number of likely N-dealkylation sites (tertiary alicyclic amines) is 1. The highest BCUT2D eigenvalue weighted by atomic mass is 32.1. The second-order valence-corrected chi connectivity index (χ2v) is 8.56. The minimum absolute atomic E-state index is 0.274. The van der Waals surface area contributed by atoms with Crippen LogP contribution in [0.25, 0.3) is 11.0 Å². The van der Waals surface area contributed by atoms with Crippen LogP contribution in [0, 0.1) is 12.8 Å². The van der Waals surface area contributed by atoms with Crippen molar-refractivity contribution in [1.29, 1.82) is 0 Å². The highest BCUT2D eigenvalue weighted by Gasteiger charge is 2.20. The SMILES string of the molecule is CCOc1ccc2oc(C(=O)Nc3nc(CN4CCC(C)CC4)cs3)c(C)c2c1. The lowest BCUT2D eigenvalue weighted by Gasteiger charge is -2.29. The molecule has 0 unspecified atom stereocenters. The molecule has 0 aliphatic carbocycles. The first-order valence-electron chi connectivity index (χ1n) is 10.2. The number of carbonyl (C=O) groups excluding carboxylic acids is 1. The molecule has 0 bridgehead atoms. The maximum absolute atomic E-state index is 12.8. The van der Waals surface area contributed by atoms with Crippen LogP contribution in [0.5, 0.6) is 5.75 Å². The number of hydrogen-bond donors (Lipinski definition) is 1. The van der Waals surface area contributed by atoms with E-state index in [1.807, 2.05) is 37.4 Å². The Balaban J connectivity index is 1.44. The van der Waals surface area contributed by atoms with Crippen molar-refractivity contribution in [3.8, 4) is 5.75 Å². The first-order valence-corrected chi connectivity index (χ1v) is 11.1. The number of carbonyl (C=O) groups is 1. The van der Waals surface area contributed by atoms with Gasteiger partial charge in [0.25, 0.3) is 5.91 Å². The quantitative estimate of drug-likeness (QED) is 0.610. The smallest absolute Gasteiger partial charge is 0.293 e. The number of aryl methyl sites for hydroxylation is 1. The van der Waals surface area contributed by atoms with Gasteiger partial charge in [0.2, 0.25) is 0 Å². The Morgan fingerprint density at radius 3 is 2.93 bits per heavy atom. The normalized spacial score (nSPS) is 15.7. The number of furan rings is 1. The molecule has 1 aliphatic rings. The van der Waals surface area contributed by atoms with Gasteiger partial charge in [-0.05, 0) is 63.9 Å². The summed E-state index contributed by atoms with van der Waals surface area (Å²) in [6.07, 6.45) is 2.48. The van der Waals surface area contributed by atoms with Gasteiger partial charge in [-0.15, -0.1) is 11.3 Å². The molecule has 6 nitrogen and oxygen atoms in total. The number of hydrogen-bond acceptors (Lipinski definition) is 6. The van der Waals surface area contributed by atoms with Crippen LogP contribution in [-0.4, -0.2) is 35.5 Å². The number of aromatic nitrogens is 1. The molecule has 0 atom stereocenters. The van der Waals surface area contributed by atoms with Crippen molar-refractivity contribution in [2.24, 2.45) is 5.92 Å². The van der Waals surface area contributed by atoms with E-state index in [0.29, 0.717) is 23.1 Å². The van der Waals surface area contributed by atoms with Gasteiger partial charge in [0, 0.05) is 22.9 Å². The van der Waals surface area contributed by atoms with Crippen molar-refractivity contribution < 1.29 is 13.9 Å². The molecular formula is C22H27N3O3S. The first kappa shape index (κ1) is 19.9. The molecule has 3 heterocycles. The van der Waals surface area contributed by atoms with Crippen LogP contribution in [0.4, 0.5) is 5.13 Å². The summed E-state index contributed by atoms with van der Waals surface area (Å²) in [5, 5.41) is 6.40. The Morgan fingerprint density at radius 1 is 1.38 bits per heavy atom. The fourth-order valence-corrected chi connectivity index (χ4v) is 4.41. The van der Waals surface area contributed by atoms with Gasteiger partial charge in [-0.1, -0.05) is 6.92 Å². The molecule has 0 spiro atoms. The number of rotatable bonds is 6. The molecular weight excluding hydrogens is 386 g/mol. The van der Waals surface area contributed by atoms with Crippen LogP contribution in [0.2, 0.25) is 0 Å². The number of nitrogens with one attached hydrogen (secondary N) is 1. The van der Waals surface area contributed by atoms with Crippen molar-refractivity contribution in [2.45, 2.75) is 40.2 Å². The predicted molar refractivity (Wildman–Crippen MR) is 116 cm³/mol. The lowest BCUT2D eigenvalue weighted by molar-refractivity contribution is 0.0998. The zero-order valence-electron chi connectivity index (χ0n) is 17.2. The van der Waals surface area contributed by atoms with Crippen molar-refractivity contribution in [2.75, 3.05) is 25.0 Å². The lowest BCUT2D eigenvalue weighted by Crippen LogP contribution is -2.32. The first-order chi connectivity index (χ1) is 14.0. The van der Waals surface area contributed by atoms with Gasteiger partial charge in [-0.25, -0.2) is 4.98 Å². The molecule has 1 aliphatic heterocycles. The van der Waals surface area contributed by atoms with E-state index in [9.17, 15) is 4.79 Å². The van der Waals surface area contributed by atoms with E-state index in [4.69, 9.17) is 9.15 Å². The van der Waals surface area contributed by atoms with Crippen molar-refractivity contribution in [1.82, 2.24) is 9.88 Å². The number of benzene rings is 1. The summed E-state index contributed by atoms with van der Waals surface area (Å²) in [4.78, 5) is 19.8. The number of fused-ring (bicyclic) bond motifs is 1. The van der Waals surface area contributed by atoms with E-state index in [0.717, 1.165) is 47.9 Å². The van der Waals surface area contributed by atoms with Crippen LogP contribution in [0.15, 0.2) is 28.0 Å². The van der Waals surface area contributed by atoms with E-state index < -0.39 is 0 Å². The summed E-state index contributed by atoms with van der Waals surface area (Å²) in [6.45, 7) is 9.80. The number of piperidine rings is 1. The third-order valence-corrected chi connectivity index (χ3v) is 6.27. The molecule has 29 heavy (non-hydrogen) atoms. The Morgan fingerprint density at radius 2 is 2.17 bits per heavy atom. The molecule has 0 saturated carbocycles. The summed E-state index contributed by atoms with van der Waals surface area (Å²) in [7, 11) is 0. The molecule has 1 aromatic carbocycles. The maximum atomic E-state index is 12.8. The average Bonchev–Trinajstić information content (AvgIpc) is 3.28. The monoisotopic (exact) mass is 413 g/mol. The van der Waals surface area contributed by atoms with Crippen LogP contribution in [0.1, 0.15) is 48.5 Å². The third-order valence-electron chi connectivity index (χ3n) is 5.46. The fourth-order valence-electron chi connectivity index (χ4n) is 3.71. The van der Waals surface area contributed by atoms with Crippen LogP contribution >= 0.6 is 11.3 Å². The minimum atomic E-state index is -0.274. The highest BCUT2D eigenvalue weighted by molar-refractivity contribution is 7.13. The molecule has 1 saturated heterocycles. The van der Waals surface area contributed by atoms with Crippen LogP contribution in [-0.2, 0) is 6.54 Å². The molecule has 1 fully saturated rings. The second kappa shape index (κ2) is 8.55. The minimum Gasteiger partial charge on any atom is -0.494 e. The largest absolute Gasteiger partial charge is 0.494 e. The highest BCUT2D eigenvalue weighted by Crippen LogP contribution is 2.30. The van der Waals surface area contributed by atoms with Gasteiger partial charge >= 0.3 is 0 Å². The summed E-state index contributed by atoms with van der Waals surface area (Å²) >= 11 is 1.45. The zero-order valence-corrected chi connectivity index (χ0v) is 18.0. The second-order valence-electron chi connectivity index (χ2n) is 7.70. The average molecular weight is 414 g/mol. The third kappa shape index (κ3) is 4.46. The van der Waals surface area contributed by atoms with E-state index in [-0.39, 0.29) is 5.91 Å². The molecule has 4 rings (SSSR count). The van der Waals surface area contributed by atoms with Gasteiger partial charge in [-0.2, -0.15) is 0 Å². The summed E-state index contributed by atoms with van der Waals surface area (Å²) < 4.78 is 11.4.